The number of ether oxygens (including phenoxy) is 1. The first-order valence-corrected chi connectivity index (χ1v) is 11.2. The number of carbonyl (C=O) groups excluding carboxylic acids is 1. The van der Waals surface area contributed by atoms with Crippen LogP contribution < -0.4 is 4.74 Å². The first-order chi connectivity index (χ1) is 15.0. The number of pyridine rings is 1. The molecule has 8 nitrogen and oxygen atoms in total. The van der Waals surface area contributed by atoms with Gasteiger partial charge in [0.15, 0.2) is 5.69 Å². The minimum atomic E-state index is -1.01. The molecule has 1 aliphatic carbocycles. The molecule has 2 saturated heterocycles. The molecule has 2 aromatic heterocycles. The molecule has 3 aliphatic rings. The first-order valence-electron chi connectivity index (χ1n) is 11.2. The van der Waals surface area contributed by atoms with E-state index in [1.54, 1.807) is 10.9 Å². The molecule has 2 bridgehead atoms. The lowest BCUT2D eigenvalue weighted by Crippen LogP contribution is -2.50. The molecule has 1 N–H and O–H groups in total. The zero-order valence-corrected chi connectivity index (χ0v) is 17.8. The van der Waals surface area contributed by atoms with Gasteiger partial charge in [0.25, 0.3) is 0 Å². The lowest BCUT2D eigenvalue weighted by Gasteiger charge is -2.39. The lowest BCUT2D eigenvalue weighted by molar-refractivity contribution is -0.138. The minimum Gasteiger partial charge on any atom is -0.476 e. The highest BCUT2D eigenvalue weighted by Gasteiger charge is 2.44. The maximum atomic E-state index is 13.3. The molecular formula is C23H28N4O4. The summed E-state index contributed by atoms with van der Waals surface area (Å²) < 4.78 is 7.84. The molecule has 0 radical (unpaired) electrons. The van der Waals surface area contributed by atoms with Crippen molar-refractivity contribution in [3.63, 3.8) is 0 Å². The van der Waals surface area contributed by atoms with Gasteiger partial charge in [0, 0.05) is 47.9 Å². The predicted molar refractivity (Wildman–Crippen MR) is 112 cm³/mol. The Labute approximate surface area is 181 Å². The van der Waals surface area contributed by atoms with Crippen molar-refractivity contribution in [2.24, 2.45) is 0 Å². The summed E-state index contributed by atoms with van der Waals surface area (Å²) in [6.45, 7) is 2.11. The number of fused-ring (bicyclic) bond motifs is 3. The molecule has 2 atom stereocenters. The van der Waals surface area contributed by atoms with Gasteiger partial charge in [-0.05, 0) is 51.5 Å². The molecule has 0 saturated carbocycles. The number of carboxylic acid groups (broad SMARTS) is 1. The van der Waals surface area contributed by atoms with E-state index < -0.39 is 5.97 Å². The van der Waals surface area contributed by atoms with Crippen LogP contribution in [-0.4, -0.2) is 54.8 Å². The fourth-order valence-corrected chi connectivity index (χ4v) is 5.57. The Kier molecular flexibility index (Phi) is 5.16. The van der Waals surface area contributed by atoms with E-state index in [1.165, 1.54) is 0 Å². The number of aryl methyl sites for hydroxylation is 1. The number of aromatic nitrogens is 3. The number of piperidine rings is 1. The Balaban J connectivity index is 1.30. The molecule has 2 aromatic rings. The molecule has 2 aliphatic heterocycles. The number of carbonyl (C=O) groups is 2. The average molecular weight is 425 g/mol. The van der Waals surface area contributed by atoms with Gasteiger partial charge in [-0.2, -0.15) is 5.10 Å². The third kappa shape index (κ3) is 3.68. The van der Waals surface area contributed by atoms with Gasteiger partial charge in [-0.25, -0.2) is 9.78 Å². The van der Waals surface area contributed by atoms with E-state index in [1.807, 2.05) is 24.0 Å². The third-order valence-corrected chi connectivity index (χ3v) is 6.96. The molecule has 0 aromatic carbocycles. The third-order valence-electron chi connectivity index (χ3n) is 6.96. The normalized spacial score (nSPS) is 24.7. The summed E-state index contributed by atoms with van der Waals surface area (Å²) in [6.07, 6.45) is 8.86. The zero-order valence-electron chi connectivity index (χ0n) is 17.8. The van der Waals surface area contributed by atoms with Crippen molar-refractivity contribution >= 4 is 11.9 Å². The largest absolute Gasteiger partial charge is 0.476 e. The number of aromatic carboxylic acids is 1. The maximum absolute atomic E-state index is 13.3. The number of amides is 1. The van der Waals surface area contributed by atoms with Gasteiger partial charge in [-0.1, -0.05) is 6.07 Å². The Hall–Kier alpha value is -2.90. The van der Waals surface area contributed by atoms with E-state index in [4.69, 9.17) is 4.74 Å². The topological polar surface area (TPSA) is 97.5 Å². The van der Waals surface area contributed by atoms with E-state index in [9.17, 15) is 14.7 Å². The number of carboxylic acids is 1. The van der Waals surface area contributed by atoms with Gasteiger partial charge in [0.2, 0.25) is 11.8 Å². The Morgan fingerprint density at radius 2 is 1.94 bits per heavy atom. The summed E-state index contributed by atoms with van der Waals surface area (Å²) in [5.74, 6) is -0.295. The van der Waals surface area contributed by atoms with Crippen molar-refractivity contribution < 1.29 is 19.4 Å². The summed E-state index contributed by atoms with van der Waals surface area (Å²) >= 11 is 0. The number of rotatable bonds is 5. The molecule has 0 spiro atoms. The number of nitrogens with zero attached hydrogens (tertiary/aromatic N) is 4. The summed E-state index contributed by atoms with van der Waals surface area (Å²) in [6, 6.07) is 4.21. The van der Waals surface area contributed by atoms with Crippen molar-refractivity contribution in [1.82, 2.24) is 19.7 Å². The summed E-state index contributed by atoms with van der Waals surface area (Å²) in [5.41, 5.74) is 2.87. The lowest BCUT2D eigenvalue weighted by atomic mass is 9.95. The van der Waals surface area contributed by atoms with Crippen LogP contribution in [0.25, 0.3) is 0 Å². The van der Waals surface area contributed by atoms with Crippen LogP contribution >= 0.6 is 0 Å². The highest BCUT2D eigenvalue weighted by Crippen LogP contribution is 2.38. The Morgan fingerprint density at radius 1 is 1.19 bits per heavy atom. The molecule has 2 fully saturated rings. The quantitative estimate of drug-likeness (QED) is 0.793. The van der Waals surface area contributed by atoms with E-state index in [0.29, 0.717) is 5.88 Å². The van der Waals surface area contributed by atoms with Crippen LogP contribution in [-0.2, 0) is 24.2 Å². The number of hydrogen-bond donors (Lipinski definition) is 1. The highest BCUT2D eigenvalue weighted by molar-refractivity contribution is 5.87. The van der Waals surface area contributed by atoms with Crippen LogP contribution in [0.3, 0.4) is 0 Å². The molecule has 2 unspecified atom stereocenters. The van der Waals surface area contributed by atoms with Crippen molar-refractivity contribution in [2.45, 2.75) is 83.0 Å². The van der Waals surface area contributed by atoms with Crippen molar-refractivity contribution in [1.29, 1.82) is 0 Å². The van der Waals surface area contributed by atoms with E-state index in [0.717, 1.165) is 68.2 Å². The van der Waals surface area contributed by atoms with Gasteiger partial charge in [0.05, 0.1) is 0 Å². The van der Waals surface area contributed by atoms with E-state index in [-0.39, 0.29) is 36.3 Å². The fourth-order valence-electron chi connectivity index (χ4n) is 5.57. The second kappa shape index (κ2) is 7.98. The van der Waals surface area contributed by atoms with Crippen LogP contribution in [0.5, 0.6) is 5.88 Å². The second-order valence-corrected chi connectivity index (χ2v) is 8.97. The van der Waals surface area contributed by atoms with Gasteiger partial charge in [0.1, 0.15) is 12.6 Å². The Bertz CT molecular complexity index is 1000. The minimum absolute atomic E-state index is 0.0350. The summed E-state index contributed by atoms with van der Waals surface area (Å²) in [7, 11) is 0. The average Bonchev–Trinajstić information content (AvgIpc) is 3.25. The molecule has 8 heteroatoms. The maximum Gasteiger partial charge on any atom is 0.356 e. The van der Waals surface area contributed by atoms with Crippen LogP contribution in [0.4, 0.5) is 0 Å². The van der Waals surface area contributed by atoms with Crippen molar-refractivity contribution in [3.05, 3.63) is 40.8 Å². The fraction of sp³-hybridized carbons (Fsp3) is 0.565. The van der Waals surface area contributed by atoms with Crippen molar-refractivity contribution in [3.8, 4) is 5.88 Å². The van der Waals surface area contributed by atoms with Crippen LogP contribution in [0.15, 0.2) is 18.3 Å². The van der Waals surface area contributed by atoms with Crippen LogP contribution in [0, 0.1) is 6.92 Å². The van der Waals surface area contributed by atoms with Crippen LogP contribution in [0.2, 0.25) is 0 Å². The molecule has 31 heavy (non-hydrogen) atoms. The molecule has 5 rings (SSSR count). The van der Waals surface area contributed by atoms with Gasteiger partial charge >= 0.3 is 5.97 Å². The molecule has 4 heterocycles. The van der Waals surface area contributed by atoms with E-state index in [2.05, 4.69) is 10.1 Å². The highest BCUT2D eigenvalue weighted by atomic mass is 16.5. The van der Waals surface area contributed by atoms with Crippen molar-refractivity contribution in [2.75, 3.05) is 0 Å². The van der Waals surface area contributed by atoms with Crippen LogP contribution in [0.1, 0.15) is 65.8 Å². The summed E-state index contributed by atoms with van der Waals surface area (Å²) in [5, 5.41) is 13.8. The van der Waals surface area contributed by atoms with Gasteiger partial charge in [-0.15, -0.1) is 0 Å². The van der Waals surface area contributed by atoms with Gasteiger partial charge in [-0.3, -0.25) is 9.48 Å². The Morgan fingerprint density at radius 3 is 2.65 bits per heavy atom. The summed E-state index contributed by atoms with van der Waals surface area (Å²) in [4.78, 5) is 31.2. The standard InChI is InChI=1S/C23H28N4O4/c1-14-5-4-10-24-22(14)31-17-11-15-8-9-16(12-17)27(15)20(28)13-26-19-7-3-2-6-18(19)21(25-26)23(29)30/h4-5,10,15-17H,2-3,6-9,11-13H2,1H3,(H,29,30). The zero-order chi connectivity index (χ0) is 21.5. The molecular weight excluding hydrogens is 396 g/mol. The first kappa shape index (κ1) is 20.0. The predicted octanol–water partition coefficient (Wildman–Crippen LogP) is 2.76. The molecule has 1 amide bonds. The van der Waals surface area contributed by atoms with Gasteiger partial charge < -0.3 is 14.7 Å². The van der Waals surface area contributed by atoms with E-state index >= 15 is 0 Å². The second-order valence-electron chi connectivity index (χ2n) is 8.97. The SMILES string of the molecule is Cc1cccnc1OC1CC2CCC(C1)N2C(=O)Cn1nc(C(=O)O)c2c1CCCC2. The molecule has 164 valence electrons. The number of hydrogen-bond acceptors (Lipinski definition) is 5. The monoisotopic (exact) mass is 424 g/mol. The smallest absolute Gasteiger partial charge is 0.356 e.